The first-order valence-corrected chi connectivity index (χ1v) is 11.5. The number of rotatable bonds is 5. The second kappa shape index (κ2) is 10.2. The van der Waals surface area contributed by atoms with Gasteiger partial charge in [0.25, 0.3) is 0 Å². The van der Waals surface area contributed by atoms with E-state index in [4.69, 9.17) is 16.3 Å². The molecule has 7 heteroatoms. The molecule has 0 atom stereocenters. The number of nitrogens with zero attached hydrogens (tertiary/aromatic N) is 2. The van der Waals surface area contributed by atoms with Crippen LogP contribution in [0, 0.1) is 20.4 Å². The van der Waals surface area contributed by atoms with E-state index in [1.165, 1.54) is 0 Å². The molecule has 0 saturated heterocycles. The molecule has 0 spiro atoms. The summed E-state index contributed by atoms with van der Waals surface area (Å²) < 4.78 is 7.16. The van der Waals surface area contributed by atoms with E-state index in [1.807, 2.05) is 44.2 Å². The molecule has 0 aliphatic rings. The van der Waals surface area contributed by atoms with Gasteiger partial charge < -0.3 is 14.6 Å². The average molecular weight is 487 g/mol. The number of carboxylic acids is 1. The maximum atomic E-state index is 12.3. The molecule has 0 unspecified atom stereocenters. The first-order valence-electron chi connectivity index (χ1n) is 10.7. The van der Waals surface area contributed by atoms with Gasteiger partial charge in [0.2, 0.25) is 0 Å². The average Bonchev–Trinajstić information content (AvgIpc) is 3.20. The van der Waals surface area contributed by atoms with Crippen LogP contribution >= 0.6 is 11.3 Å². The van der Waals surface area contributed by atoms with Crippen molar-refractivity contribution in [1.29, 1.82) is 0 Å². The third kappa shape index (κ3) is 4.56. The predicted octanol–water partition coefficient (Wildman–Crippen LogP) is 3.23. The van der Waals surface area contributed by atoms with Gasteiger partial charge in [0.05, 0.1) is 34.0 Å². The van der Waals surface area contributed by atoms with Crippen LogP contribution in [-0.4, -0.2) is 11.0 Å². The Morgan fingerprint density at radius 1 is 1.09 bits per heavy atom. The fraction of sp³-hybridized carbons (Fsp3) is 0.107. The Hall–Kier alpha value is -3.21. The van der Waals surface area contributed by atoms with Crippen molar-refractivity contribution in [3.05, 3.63) is 100 Å². The van der Waals surface area contributed by atoms with E-state index >= 15 is 0 Å². The summed E-state index contributed by atoms with van der Waals surface area (Å²) in [5, 5.41) is 13.8. The van der Waals surface area contributed by atoms with Crippen molar-refractivity contribution in [2.75, 3.05) is 0 Å². The Kier molecular flexibility index (Phi) is 7.25. The van der Waals surface area contributed by atoms with Gasteiger partial charge in [0.15, 0.2) is 5.69 Å². The second-order valence-corrected chi connectivity index (χ2v) is 9.08. The van der Waals surface area contributed by atoms with E-state index in [9.17, 15) is 9.90 Å². The quantitative estimate of drug-likeness (QED) is 0.283. The molecule has 0 amide bonds. The first kappa shape index (κ1) is 24.9. The number of aromatic nitrogens is 1. The Morgan fingerprint density at radius 3 is 2.57 bits per heavy atom. The largest absolute Gasteiger partial charge is 1.00 e. The molecule has 0 aliphatic heterocycles. The zero-order valence-electron chi connectivity index (χ0n) is 19.6. The molecular weight excluding hydrogens is 467 g/mol. The number of carbonyl (C=O) groups is 1. The Bertz CT molecular complexity index is 1640. The molecule has 5 nitrogen and oxygen atoms in total. The summed E-state index contributed by atoms with van der Waals surface area (Å²) in [6.07, 6.45) is 0. The van der Waals surface area contributed by atoms with E-state index in [1.54, 1.807) is 35.6 Å². The van der Waals surface area contributed by atoms with Crippen molar-refractivity contribution in [3.8, 4) is 16.3 Å². The summed E-state index contributed by atoms with van der Waals surface area (Å²) >= 11 is 1.59. The third-order valence-electron chi connectivity index (χ3n) is 5.92. The number of thiophene rings is 1. The first-order chi connectivity index (χ1) is 16.5. The minimum atomic E-state index is -1.29. The van der Waals surface area contributed by atoms with Gasteiger partial charge in [-0.05, 0) is 54.1 Å². The minimum Gasteiger partial charge on any atom is -0.545 e. The molecule has 0 bridgehead atoms. The topological polar surface area (TPSA) is 66.6 Å². The fourth-order valence-electron chi connectivity index (χ4n) is 4.16. The number of aryl methyl sites for hydroxylation is 2. The molecule has 35 heavy (non-hydrogen) atoms. The number of hydrogen-bond acceptors (Lipinski definition) is 5. The number of benzene rings is 3. The van der Waals surface area contributed by atoms with E-state index in [0.717, 1.165) is 31.7 Å². The van der Waals surface area contributed by atoms with Gasteiger partial charge in [0, 0.05) is 10.3 Å². The van der Waals surface area contributed by atoms with Gasteiger partial charge in [-0.3, -0.25) is 0 Å². The maximum Gasteiger partial charge on any atom is 1.00 e. The molecule has 0 fully saturated rings. The summed E-state index contributed by atoms with van der Waals surface area (Å²) in [4.78, 5) is 21.6. The molecule has 5 aromatic rings. The fourth-order valence-corrected chi connectivity index (χ4v) is 5.33. The van der Waals surface area contributed by atoms with Crippen LogP contribution in [0.4, 0.5) is 5.69 Å². The molecule has 166 valence electrons. The van der Waals surface area contributed by atoms with Gasteiger partial charge >= 0.3 is 29.6 Å². The van der Waals surface area contributed by atoms with Crippen molar-refractivity contribution in [3.63, 3.8) is 0 Å². The number of fused-ring (bicyclic) bond motifs is 2. The standard InChI is InChI=1S/C28H20N2O3S.Na/c1-16-12-13-23(33-15-18-8-4-6-10-21(18)29-3)25-20(28(31)32)14-22(30-26(16)25)27-17(2)19-9-5-7-11-24(19)34-27;/h4-14H,15H2,1-2H3,(H,31,32);/q;+1/p-1. The van der Waals surface area contributed by atoms with Gasteiger partial charge in [-0.15, -0.1) is 11.3 Å². The molecule has 0 N–H and O–H groups in total. The summed E-state index contributed by atoms with van der Waals surface area (Å²) in [6, 6.07) is 20.5. The Balaban J connectivity index is 0.00000289. The van der Waals surface area contributed by atoms with Crippen molar-refractivity contribution < 1.29 is 44.2 Å². The van der Waals surface area contributed by atoms with Gasteiger partial charge in [-0.2, -0.15) is 0 Å². The van der Waals surface area contributed by atoms with E-state index in [2.05, 4.69) is 17.0 Å². The summed E-state index contributed by atoms with van der Waals surface area (Å²) in [5.41, 5.74) is 4.33. The van der Waals surface area contributed by atoms with Crippen LogP contribution in [-0.2, 0) is 6.61 Å². The monoisotopic (exact) mass is 486 g/mol. The number of hydrogen-bond donors (Lipinski definition) is 0. The van der Waals surface area contributed by atoms with Crippen molar-refractivity contribution >= 4 is 44.0 Å². The normalized spacial score (nSPS) is 10.7. The van der Waals surface area contributed by atoms with Crippen molar-refractivity contribution in [2.45, 2.75) is 20.5 Å². The number of ether oxygens (including phenoxy) is 1. The SMILES string of the molecule is [C-]#[N+]c1ccccc1COc1ccc(C)c2nc(-c3sc4ccccc4c3C)cc(C(=O)[O-])c12.[Na+]. The van der Waals surface area contributed by atoms with Crippen molar-refractivity contribution in [1.82, 2.24) is 4.98 Å². The molecular formula is C28H19N2NaO3S. The molecule has 0 aliphatic carbocycles. The van der Waals surface area contributed by atoms with Gasteiger partial charge in [0.1, 0.15) is 12.4 Å². The molecule has 2 heterocycles. The van der Waals surface area contributed by atoms with Gasteiger partial charge in [-0.25, -0.2) is 9.83 Å². The van der Waals surface area contributed by atoms with Crippen molar-refractivity contribution in [2.24, 2.45) is 0 Å². The summed E-state index contributed by atoms with van der Waals surface area (Å²) in [6.45, 7) is 11.4. The van der Waals surface area contributed by atoms with E-state index in [0.29, 0.717) is 28.0 Å². The van der Waals surface area contributed by atoms with Crippen LogP contribution in [0.2, 0.25) is 0 Å². The molecule has 3 aromatic carbocycles. The third-order valence-corrected chi connectivity index (χ3v) is 7.21. The number of para-hydroxylation sites is 1. The van der Waals surface area contributed by atoms with Crippen LogP contribution in [0.1, 0.15) is 27.0 Å². The minimum absolute atomic E-state index is 0. The van der Waals surface area contributed by atoms with Crippen LogP contribution < -0.4 is 39.4 Å². The Morgan fingerprint density at radius 2 is 1.83 bits per heavy atom. The zero-order valence-corrected chi connectivity index (χ0v) is 22.4. The molecule has 5 rings (SSSR count). The number of aromatic carboxylic acids is 1. The summed E-state index contributed by atoms with van der Waals surface area (Å²) in [5.74, 6) is -0.892. The molecule has 0 radical (unpaired) electrons. The van der Waals surface area contributed by atoms with E-state index < -0.39 is 5.97 Å². The number of carboxylic acid groups (broad SMARTS) is 1. The Labute approximate surface area is 229 Å². The second-order valence-electron chi connectivity index (χ2n) is 8.03. The van der Waals surface area contributed by atoms with Crippen LogP contribution in [0.3, 0.4) is 0 Å². The zero-order chi connectivity index (χ0) is 23.8. The summed E-state index contributed by atoms with van der Waals surface area (Å²) in [7, 11) is 0. The molecule has 0 saturated carbocycles. The molecule has 2 aromatic heterocycles. The van der Waals surface area contributed by atoms with Gasteiger partial charge in [-0.1, -0.05) is 48.5 Å². The maximum absolute atomic E-state index is 12.3. The van der Waals surface area contributed by atoms with Crippen LogP contribution in [0.5, 0.6) is 5.75 Å². The number of carbonyl (C=O) groups excluding carboxylic acids is 1. The smallest absolute Gasteiger partial charge is 0.545 e. The van der Waals surface area contributed by atoms with Crippen LogP contribution in [0.15, 0.2) is 66.7 Å². The van der Waals surface area contributed by atoms with Crippen LogP contribution in [0.25, 0.3) is 36.4 Å². The predicted molar refractivity (Wildman–Crippen MR) is 133 cm³/mol. The number of pyridine rings is 1. The van der Waals surface area contributed by atoms with E-state index in [-0.39, 0.29) is 41.7 Å².